The Hall–Kier alpha value is -2.81. The molecule has 2 atom stereocenters. The summed E-state index contributed by atoms with van der Waals surface area (Å²) < 4.78 is 10.6. The summed E-state index contributed by atoms with van der Waals surface area (Å²) in [6.45, 7) is 10.7. The van der Waals surface area contributed by atoms with Gasteiger partial charge in [0.1, 0.15) is 18.3 Å². The standard InChI is InChI=1S/C20H30N4O5/c1-6-24(12-15(25)23-20(3,4)5)11-13-16(18(26)28-7-2)17(22-19(27)21-13)14-9-8-10-29-14/h8-10,17H,6-7,11-12H2,1-5H3,(H,23,25)(H2,21,22,27)/p+1/t17-/m1/s1. The number of rotatable bonds is 8. The van der Waals surface area contributed by atoms with Gasteiger partial charge in [-0.2, -0.15) is 0 Å². The molecule has 0 spiro atoms. The van der Waals surface area contributed by atoms with Crippen molar-refractivity contribution in [2.75, 3.05) is 26.2 Å². The first-order chi connectivity index (χ1) is 13.6. The monoisotopic (exact) mass is 407 g/mol. The first kappa shape index (κ1) is 22.5. The number of ether oxygens (including phenoxy) is 1. The van der Waals surface area contributed by atoms with Gasteiger partial charge in [-0.05, 0) is 46.8 Å². The Balaban J connectivity index is 2.32. The fraction of sp³-hybridized carbons (Fsp3) is 0.550. The zero-order chi connectivity index (χ0) is 21.6. The van der Waals surface area contributed by atoms with E-state index in [0.717, 1.165) is 4.90 Å². The van der Waals surface area contributed by atoms with E-state index in [1.807, 2.05) is 27.7 Å². The summed E-state index contributed by atoms with van der Waals surface area (Å²) in [5.74, 6) is -0.203. The molecule has 3 amide bonds. The number of hydrogen-bond acceptors (Lipinski definition) is 5. The largest absolute Gasteiger partial charge is 0.467 e. The lowest BCUT2D eigenvalue weighted by Gasteiger charge is -2.29. The number of esters is 1. The van der Waals surface area contributed by atoms with Gasteiger partial charge in [0, 0.05) is 5.54 Å². The van der Waals surface area contributed by atoms with Crippen LogP contribution in [0.3, 0.4) is 0 Å². The Labute approximate surface area is 170 Å². The summed E-state index contributed by atoms with van der Waals surface area (Å²) >= 11 is 0. The van der Waals surface area contributed by atoms with E-state index in [2.05, 4.69) is 16.0 Å². The molecule has 0 saturated carbocycles. The number of carbonyl (C=O) groups is 3. The van der Waals surface area contributed by atoms with E-state index in [9.17, 15) is 14.4 Å². The van der Waals surface area contributed by atoms with Gasteiger partial charge in [0.05, 0.1) is 30.7 Å². The van der Waals surface area contributed by atoms with Gasteiger partial charge < -0.3 is 30.0 Å². The molecule has 9 nitrogen and oxygen atoms in total. The van der Waals surface area contributed by atoms with Crippen LogP contribution in [0.25, 0.3) is 0 Å². The van der Waals surface area contributed by atoms with Crippen LogP contribution in [0, 0.1) is 0 Å². The van der Waals surface area contributed by atoms with Gasteiger partial charge in [-0.15, -0.1) is 0 Å². The van der Waals surface area contributed by atoms with Crippen molar-refractivity contribution in [3.05, 3.63) is 35.4 Å². The van der Waals surface area contributed by atoms with E-state index >= 15 is 0 Å². The summed E-state index contributed by atoms with van der Waals surface area (Å²) in [4.78, 5) is 38.2. The number of quaternary nitrogens is 1. The molecule has 1 aliphatic heterocycles. The van der Waals surface area contributed by atoms with E-state index in [4.69, 9.17) is 9.15 Å². The van der Waals surface area contributed by atoms with Crippen LogP contribution in [0.15, 0.2) is 34.1 Å². The fourth-order valence-corrected chi connectivity index (χ4v) is 3.13. The van der Waals surface area contributed by atoms with Crippen LogP contribution >= 0.6 is 0 Å². The highest BCUT2D eigenvalue weighted by molar-refractivity contribution is 5.95. The lowest BCUT2D eigenvalue weighted by Crippen LogP contribution is -3.13. The highest BCUT2D eigenvalue weighted by Crippen LogP contribution is 2.27. The van der Waals surface area contributed by atoms with Gasteiger partial charge in [-0.25, -0.2) is 9.59 Å². The summed E-state index contributed by atoms with van der Waals surface area (Å²) in [7, 11) is 0. The second-order valence-corrected chi connectivity index (χ2v) is 7.91. The molecule has 4 N–H and O–H groups in total. The zero-order valence-corrected chi connectivity index (χ0v) is 17.7. The summed E-state index contributed by atoms with van der Waals surface area (Å²) in [6, 6.07) is 2.18. The molecule has 2 heterocycles. The number of furan rings is 1. The Bertz CT molecular complexity index is 764. The molecular weight excluding hydrogens is 376 g/mol. The molecule has 2 rings (SSSR count). The summed E-state index contributed by atoms with van der Waals surface area (Å²) in [6.07, 6.45) is 1.48. The molecule has 1 aromatic rings. The number of likely N-dealkylation sites (N-methyl/N-ethyl adjacent to an activating group) is 1. The normalized spacial score (nSPS) is 18.0. The molecule has 0 aliphatic carbocycles. The van der Waals surface area contributed by atoms with Crippen molar-refractivity contribution >= 4 is 17.9 Å². The lowest BCUT2D eigenvalue weighted by molar-refractivity contribution is -0.885. The SMILES string of the molecule is CCOC(=O)C1=C(C[NH+](CC)CC(=O)NC(C)(C)C)NC(=O)N[C@@H]1c1ccco1. The van der Waals surface area contributed by atoms with Crippen molar-refractivity contribution in [2.24, 2.45) is 0 Å². The number of nitrogens with one attached hydrogen (secondary N) is 4. The van der Waals surface area contributed by atoms with E-state index in [1.165, 1.54) is 6.26 Å². The third-order valence-corrected chi connectivity index (χ3v) is 4.33. The third kappa shape index (κ3) is 6.35. The second kappa shape index (κ2) is 9.60. The Morgan fingerprint density at radius 2 is 2.03 bits per heavy atom. The average Bonchev–Trinajstić information content (AvgIpc) is 3.13. The first-order valence-electron chi connectivity index (χ1n) is 9.80. The van der Waals surface area contributed by atoms with Crippen molar-refractivity contribution in [1.82, 2.24) is 16.0 Å². The number of amides is 3. The quantitative estimate of drug-likeness (QED) is 0.462. The highest BCUT2D eigenvalue weighted by Gasteiger charge is 2.36. The van der Waals surface area contributed by atoms with Crippen LogP contribution in [-0.4, -0.2) is 49.7 Å². The average molecular weight is 407 g/mol. The maximum absolute atomic E-state index is 12.7. The van der Waals surface area contributed by atoms with Crippen molar-refractivity contribution < 1.29 is 28.4 Å². The van der Waals surface area contributed by atoms with Crippen LogP contribution in [0.4, 0.5) is 4.79 Å². The van der Waals surface area contributed by atoms with Gasteiger partial charge in [0.25, 0.3) is 5.91 Å². The molecule has 0 aromatic carbocycles. The molecule has 0 bridgehead atoms. The van der Waals surface area contributed by atoms with Crippen molar-refractivity contribution in [2.45, 2.75) is 46.2 Å². The van der Waals surface area contributed by atoms with E-state index in [-0.39, 0.29) is 36.7 Å². The summed E-state index contributed by atoms with van der Waals surface area (Å²) in [5, 5.41) is 8.36. The van der Waals surface area contributed by atoms with Crippen molar-refractivity contribution in [3.63, 3.8) is 0 Å². The van der Waals surface area contributed by atoms with E-state index < -0.39 is 18.0 Å². The number of urea groups is 1. The zero-order valence-electron chi connectivity index (χ0n) is 17.7. The maximum Gasteiger partial charge on any atom is 0.338 e. The molecule has 0 fully saturated rings. The predicted molar refractivity (Wildman–Crippen MR) is 106 cm³/mol. The minimum absolute atomic E-state index is 0.101. The topological polar surface area (TPSA) is 114 Å². The van der Waals surface area contributed by atoms with Crippen LogP contribution in [0.1, 0.15) is 46.4 Å². The van der Waals surface area contributed by atoms with Crippen LogP contribution in [-0.2, 0) is 14.3 Å². The van der Waals surface area contributed by atoms with Crippen LogP contribution < -0.4 is 20.9 Å². The molecule has 1 aliphatic rings. The van der Waals surface area contributed by atoms with Crippen molar-refractivity contribution in [3.8, 4) is 0 Å². The molecule has 29 heavy (non-hydrogen) atoms. The molecule has 1 unspecified atom stereocenters. The third-order valence-electron chi connectivity index (χ3n) is 4.33. The second-order valence-electron chi connectivity index (χ2n) is 7.91. The molecule has 160 valence electrons. The highest BCUT2D eigenvalue weighted by atomic mass is 16.5. The number of carbonyl (C=O) groups excluding carboxylic acids is 3. The van der Waals surface area contributed by atoms with Gasteiger partial charge in [-0.3, -0.25) is 4.79 Å². The maximum atomic E-state index is 12.7. The predicted octanol–water partition coefficient (Wildman–Crippen LogP) is 0.270. The minimum Gasteiger partial charge on any atom is -0.467 e. The van der Waals surface area contributed by atoms with Crippen LogP contribution in [0.2, 0.25) is 0 Å². The lowest BCUT2D eigenvalue weighted by atomic mass is 10.00. The minimum atomic E-state index is -0.755. The van der Waals surface area contributed by atoms with Gasteiger partial charge >= 0.3 is 12.0 Å². The smallest absolute Gasteiger partial charge is 0.338 e. The van der Waals surface area contributed by atoms with Gasteiger partial charge in [-0.1, -0.05) is 0 Å². The molecule has 9 heteroatoms. The van der Waals surface area contributed by atoms with Gasteiger partial charge in [0.2, 0.25) is 0 Å². The number of hydrogen-bond donors (Lipinski definition) is 4. The fourth-order valence-electron chi connectivity index (χ4n) is 3.13. The summed E-state index contributed by atoms with van der Waals surface area (Å²) in [5.41, 5.74) is 0.371. The molecule has 0 saturated heterocycles. The van der Waals surface area contributed by atoms with Crippen LogP contribution in [0.5, 0.6) is 0 Å². The first-order valence-corrected chi connectivity index (χ1v) is 9.80. The molecular formula is C20H31N4O5+. The van der Waals surface area contributed by atoms with E-state index in [1.54, 1.807) is 19.1 Å². The van der Waals surface area contributed by atoms with Gasteiger partial charge in [0.15, 0.2) is 6.54 Å². The Morgan fingerprint density at radius 1 is 1.31 bits per heavy atom. The van der Waals surface area contributed by atoms with Crippen molar-refractivity contribution in [1.29, 1.82) is 0 Å². The van der Waals surface area contributed by atoms with E-state index in [0.29, 0.717) is 18.0 Å². The molecule has 0 radical (unpaired) electrons. The molecule has 1 aromatic heterocycles. The Morgan fingerprint density at radius 3 is 2.59 bits per heavy atom. The Kier molecular flexibility index (Phi) is 7.44.